The number of fused-ring (bicyclic) bond motifs is 1. The number of para-hydroxylation sites is 1. The van der Waals surface area contributed by atoms with E-state index >= 15 is 0 Å². The molecule has 27 heavy (non-hydrogen) atoms. The van der Waals surface area contributed by atoms with Crippen LogP contribution in [0.5, 0.6) is 0 Å². The Hall–Kier alpha value is -3.98. The summed E-state index contributed by atoms with van der Waals surface area (Å²) in [6.07, 6.45) is 4.56. The van der Waals surface area contributed by atoms with Crippen molar-refractivity contribution < 1.29 is 14.3 Å². The average molecular weight is 357 g/mol. The van der Waals surface area contributed by atoms with Gasteiger partial charge in [0, 0.05) is 28.9 Å². The fraction of sp³-hybridized carbons (Fsp3) is 0.0476. The number of rotatable bonds is 5. The molecule has 1 N–H and O–H groups in total. The van der Waals surface area contributed by atoms with Crippen molar-refractivity contribution in [2.75, 3.05) is 11.9 Å². The Morgan fingerprint density at radius 2 is 1.89 bits per heavy atom. The topological polar surface area (TPSA) is 92.1 Å². The summed E-state index contributed by atoms with van der Waals surface area (Å²) in [4.78, 5) is 28.0. The van der Waals surface area contributed by atoms with Crippen LogP contribution in [-0.4, -0.2) is 23.5 Å². The number of benzene rings is 2. The highest BCUT2D eigenvalue weighted by atomic mass is 16.5. The van der Waals surface area contributed by atoms with E-state index in [4.69, 9.17) is 10.00 Å². The Labute approximate surface area is 155 Å². The molecular weight excluding hydrogens is 342 g/mol. The smallest absolute Gasteiger partial charge is 0.331 e. The molecule has 0 unspecified atom stereocenters. The monoisotopic (exact) mass is 357 g/mol. The molecule has 0 spiro atoms. The highest BCUT2D eigenvalue weighted by Crippen LogP contribution is 2.17. The molecule has 0 aliphatic heterocycles. The van der Waals surface area contributed by atoms with Gasteiger partial charge in [-0.05, 0) is 36.4 Å². The van der Waals surface area contributed by atoms with Crippen molar-refractivity contribution in [3.63, 3.8) is 0 Å². The SMILES string of the molecule is N#Cc1ccc(NC(=O)COC(=O)/C=C/c2cccc3cccnc23)cc1. The molecular formula is C21H15N3O3. The fourth-order valence-corrected chi connectivity index (χ4v) is 2.43. The van der Waals surface area contributed by atoms with Gasteiger partial charge in [0.25, 0.3) is 5.91 Å². The summed E-state index contributed by atoms with van der Waals surface area (Å²) < 4.78 is 4.94. The maximum atomic E-state index is 11.8. The first-order valence-corrected chi connectivity index (χ1v) is 8.14. The van der Waals surface area contributed by atoms with E-state index in [9.17, 15) is 9.59 Å². The average Bonchev–Trinajstić information content (AvgIpc) is 2.71. The van der Waals surface area contributed by atoms with E-state index in [0.717, 1.165) is 16.5 Å². The molecule has 3 rings (SSSR count). The zero-order chi connectivity index (χ0) is 19.1. The normalized spacial score (nSPS) is 10.5. The highest BCUT2D eigenvalue weighted by Gasteiger charge is 2.06. The molecule has 0 aliphatic rings. The van der Waals surface area contributed by atoms with Crippen molar-refractivity contribution in [1.29, 1.82) is 5.26 Å². The maximum Gasteiger partial charge on any atom is 0.331 e. The zero-order valence-corrected chi connectivity index (χ0v) is 14.3. The van der Waals surface area contributed by atoms with Crippen LogP contribution in [0.3, 0.4) is 0 Å². The summed E-state index contributed by atoms with van der Waals surface area (Å²) in [7, 11) is 0. The lowest BCUT2D eigenvalue weighted by molar-refractivity contribution is -0.142. The second-order valence-electron chi connectivity index (χ2n) is 5.60. The number of aromatic nitrogens is 1. The van der Waals surface area contributed by atoms with Gasteiger partial charge in [-0.2, -0.15) is 5.26 Å². The van der Waals surface area contributed by atoms with Crippen molar-refractivity contribution in [1.82, 2.24) is 4.98 Å². The van der Waals surface area contributed by atoms with Crippen molar-refractivity contribution in [3.8, 4) is 6.07 Å². The summed E-state index contributed by atoms with van der Waals surface area (Å²) in [5.41, 5.74) is 2.58. The molecule has 6 heteroatoms. The Kier molecular flexibility index (Phi) is 5.55. The molecule has 2 aromatic carbocycles. The van der Waals surface area contributed by atoms with Gasteiger partial charge in [0.15, 0.2) is 6.61 Å². The molecule has 0 aliphatic carbocycles. The third-order valence-electron chi connectivity index (χ3n) is 3.71. The Morgan fingerprint density at radius 3 is 2.67 bits per heavy atom. The number of nitrogens with one attached hydrogen (secondary N) is 1. The van der Waals surface area contributed by atoms with Crippen LogP contribution in [0.15, 0.2) is 66.9 Å². The van der Waals surface area contributed by atoms with Gasteiger partial charge in [0.1, 0.15) is 0 Å². The molecule has 1 heterocycles. The lowest BCUT2D eigenvalue weighted by atomic mass is 10.1. The number of pyridine rings is 1. The first kappa shape index (κ1) is 17.8. The van der Waals surface area contributed by atoms with Gasteiger partial charge in [-0.1, -0.05) is 24.3 Å². The largest absolute Gasteiger partial charge is 0.452 e. The molecule has 1 aromatic heterocycles. The molecule has 132 valence electrons. The third-order valence-corrected chi connectivity index (χ3v) is 3.71. The van der Waals surface area contributed by atoms with Gasteiger partial charge in [0.05, 0.1) is 17.1 Å². The molecule has 0 fully saturated rings. The summed E-state index contributed by atoms with van der Waals surface area (Å²) >= 11 is 0. The van der Waals surface area contributed by atoms with Gasteiger partial charge < -0.3 is 10.1 Å². The lowest BCUT2D eigenvalue weighted by Gasteiger charge is -2.05. The number of esters is 1. The lowest BCUT2D eigenvalue weighted by Crippen LogP contribution is -2.20. The fourth-order valence-electron chi connectivity index (χ4n) is 2.43. The third kappa shape index (κ3) is 4.77. The van der Waals surface area contributed by atoms with E-state index in [1.165, 1.54) is 6.08 Å². The van der Waals surface area contributed by atoms with Crippen LogP contribution in [0.25, 0.3) is 17.0 Å². The Bertz CT molecular complexity index is 1040. The minimum absolute atomic E-state index is 0.406. The minimum atomic E-state index is -0.627. The predicted molar refractivity (Wildman–Crippen MR) is 102 cm³/mol. The van der Waals surface area contributed by atoms with E-state index < -0.39 is 18.5 Å². The van der Waals surface area contributed by atoms with E-state index in [2.05, 4.69) is 10.3 Å². The molecule has 0 radical (unpaired) electrons. The first-order valence-electron chi connectivity index (χ1n) is 8.14. The Balaban J connectivity index is 1.55. The standard InChI is InChI=1S/C21H15N3O3/c22-13-15-6-9-18(10-7-15)24-19(25)14-27-20(26)11-8-17-4-1-3-16-5-2-12-23-21(16)17/h1-12H,14H2,(H,24,25)/b11-8+. The quantitative estimate of drug-likeness (QED) is 0.559. The van der Waals surface area contributed by atoms with Crippen molar-refractivity contribution in [2.45, 2.75) is 0 Å². The minimum Gasteiger partial charge on any atom is -0.452 e. The molecule has 3 aromatic rings. The molecule has 0 atom stereocenters. The number of anilines is 1. The highest BCUT2D eigenvalue weighted by molar-refractivity contribution is 5.96. The van der Waals surface area contributed by atoms with Crippen LogP contribution >= 0.6 is 0 Å². The van der Waals surface area contributed by atoms with E-state index in [0.29, 0.717) is 11.3 Å². The van der Waals surface area contributed by atoms with E-state index in [-0.39, 0.29) is 0 Å². The van der Waals surface area contributed by atoms with Crippen molar-refractivity contribution in [2.24, 2.45) is 0 Å². The van der Waals surface area contributed by atoms with Gasteiger partial charge in [-0.3, -0.25) is 9.78 Å². The van der Waals surface area contributed by atoms with Crippen LogP contribution in [-0.2, 0) is 14.3 Å². The van der Waals surface area contributed by atoms with Crippen LogP contribution in [0.4, 0.5) is 5.69 Å². The van der Waals surface area contributed by atoms with E-state index in [1.807, 2.05) is 36.4 Å². The number of hydrogen-bond acceptors (Lipinski definition) is 5. The number of ether oxygens (including phenoxy) is 1. The van der Waals surface area contributed by atoms with Gasteiger partial charge in [-0.15, -0.1) is 0 Å². The van der Waals surface area contributed by atoms with Crippen LogP contribution in [0.2, 0.25) is 0 Å². The van der Waals surface area contributed by atoms with Gasteiger partial charge in [-0.25, -0.2) is 4.79 Å². The Morgan fingerprint density at radius 1 is 1.11 bits per heavy atom. The van der Waals surface area contributed by atoms with Crippen LogP contribution < -0.4 is 5.32 Å². The van der Waals surface area contributed by atoms with Crippen LogP contribution in [0, 0.1) is 11.3 Å². The molecule has 0 bridgehead atoms. The molecule has 0 saturated carbocycles. The molecule has 0 saturated heterocycles. The number of amides is 1. The number of carbonyl (C=O) groups excluding carboxylic acids is 2. The molecule has 6 nitrogen and oxygen atoms in total. The summed E-state index contributed by atoms with van der Waals surface area (Å²) in [5.74, 6) is -1.09. The predicted octanol–water partition coefficient (Wildman–Crippen LogP) is 3.30. The number of nitriles is 1. The number of nitrogens with zero attached hydrogens (tertiary/aromatic N) is 2. The van der Waals surface area contributed by atoms with Crippen molar-refractivity contribution in [3.05, 3.63) is 78.0 Å². The van der Waals surface area contributed by atoms with Gasteiger partial charge >= 0.3 is 5.97 Å². The van der Waals surface area contributed by atoms with Gasteiger partial charge in [0.2, 0.25) is 0 Å². The summed E-state index contributed by atoms with van der Waals surface area (Å²) in [6.45, 7) is -0.406. The summed E-state index contributed by atoms with van der Waals surface area (Å²) in [6, 6.07) is 17.8. The number of hydrogen-bond donors (Lipinski definition) is 1. The zero-order valence-electron chi connectivity index (χ0n) is 14.3. The van der Waals surface area contributed by atoms with E-state index in [1.54, 1.807) is 36.5 Å². The second-order valence-corrected chi connectivity index (χ2v) is 5.60. The first-order chi connectivity index (χ1) is 13.2. The second kappa shape index (κ2) is 8.41. The summed E-state index contributed by atoms with van der Waals surface area (Å²) in [5, 5.41) is 12.3. The maximum absolute atomic E-state index is 11.8. The van der Waals surface area contributed by atoms with Crippen molar-refractivity contribution >= 4 is 34.5 Å². The number of carbonyl (C=O) groups is 2. The molecule has 1 amide bonds. The van der Waals surface area contributed by atoms with Crippen LogP contribution in [0.1, 0.15) is 11.1 Å².